The van der Waals surface area contributed by atoms with Crippen LogP contribution in [0, 0.1) is 0 Å². The number of hydrogen-bond acceptors (Lipinski definition) is 12. The third-order valence-corrected chi connectivity index (χ3v) is 8.11. The summed E-state index contributed by atoms with van der Waals surface area (Å²) in [6, 6.07) is 0. The molecule has 18 nitrogen and oxygen atoms in total. The number of nitrogen functional groups attached to an aromatic ring is 1. The lowest BCUT2D eigenvalue weighted by Crippen LogP contribution is -2.33. The number of nitrogens with zero attached hydrogens (tertiary/aromatic N) is 4. The number of anilines is 1. The van der Waals surface area contributed by atoms with Gasteiger partial charge in [-0.3, -0.25) is 9.09 Å². The molecule has 1 aliphatic heterocycles. The van der Waals surface area contributed by atoms with Crippen molar-refractivity contribution in [3.63, 3.8) is 0 Å². The number of nitrogens with two attached hydrogens (primary N) is 1. The van der Waals surface area contributed by atoms with Crippen molar-refractivity contribution >= 4 is 40.3 Å². The molecule has 3 heterocycles. The Morgan fingerprint density at radius 3 is 2.45 bits per heavy atom. The number of phosphoric ester groups is 1. The minimum atomic E-state index is -5.45. The van der Waals surface area contributed by atoms with E-state index in [0.717, 1.165) is 11.2 Å². The van der Waals surface area contributed by atoms with E-state index in [2.05, 4.69) is 23.8 Å². The number of ether oxygens (including phenoxy) is 1. The van der Waals surface area contributed by atoms with Crippen molar-refractivity contribution in [1.82, 2.24) is 24.4 Å². The Kier molecular flexibility index (Phi) is 6.68. The van der Waals surface area contributed by atoms with Crippen LogP contribution in [0.1, 0.15) is 6.23 Å². The summed E-state index contributed by atoms with van der Waals surface area (Å²) in [6.45, 7) is -0.928. The second-order valence-corrected chi connectivity index (χ2v) is 10.9. The zero-order valence-electron chi connectivity index (χ0n) is 15.0. The zero-order valence-corrected chi connectivity index (χ0v) is 17.7. The van der Waals surface area contributed by atoms with Crippen LogP contribution in [0.15, 0.2) is 12.7 Å². The Hall–Kier alpha value is -1.36. The molecule has 0 aliphatic carbocycles. The number of rotatable bonds is 8. The summed E-state index contributed by atoms with van der Waals surface area (Å²) in [5.41, 5.74) is 6.02. The lowest BCUT2D eigenvalue weighted by Gasteiger charge is -2.19. The predicted molar refractivity (Wildman–Crippen MR) is 97.5 cm³/mol. The molecule has 1 fully saturated rings. The lowest BCUT2D eigenvalue weighted by molar-refractivity contribution is -0.0502. The first-order chi connectivity index (χ1) is 14.2. The molecule has 0 spiro atoms. The summed E-state index contributed by atoms with van der Waals surface area (Å²) in [5.74, 6) is 0.0485. The van der Waals surface area contributed by atoms with Crippen molar-refractivity contribution in [2.75, 3.05) is 12.3 Å². The summed E-state index contributed by atoms with van der Waals surface area (Å²) < 4.78 is 48.9. The Labute approximate surface area is 172 Å². The van der Waals surface area contributed by atoms with Crippen molar-refractivity contribution in [1.29, 1.82) is 0 Å². The molecule has 1 aliphatic rings. The average molecular weight is 506 g/mol. The third kappa shape index (κ3) is 5.71. The predicted octanol–water partition coefficient (Wildman–Crippen LogP) is -2.06. The summed E-state index contributed by atoms with van der Waals surface area (Å²) in [6.07, 6.45) is -3.62. The number of hydrogen-bond donors (Lipinski definition) is 8. The summed E-state index contributed by atoms with van der Waals surface area (Å²) in [5, 5.41) is 20.4. The van der Waals surface area contributed by atoms with Gasteiger partial charge in [0, 0.05) is 0 Å². The molecule has 2 unspecified atom stereocenters. The van der Waals surface area contributed by atoms with Gasteiger partial charge in [-0.2, -0.15) is 4.31 Å². The molecule has 2 aromatic rings. The van der Waals surface area contributed by atoms with Crippen LogP contribution in [-0.4, -0.2) is 74.2 Å². The van der Waals surface area contributed by atoms with Crippen LogP contribution in [0.5, 0.6) is 0 Å². The molecule has 2 aromatic heterocycles. The Morgan fingerprint density at radius 2 is 1.81 bits per heavy atom. The van der Waals surface area contributed by atoms with Gasteiger partial charge in [-0.05, 0) is 0 Å². The fraction of sp³-hybridized carbons (Fsp3) is 0.500. The summed E-state index contributed by atoms with van der Waals surface area (Å²) >= 11 is 0. The molecule has 0 bridgehead atoms. The number of aliphatic hydroxyl groups is 2. The number of nitrogens with one attached hydrogen (secondary N) is 1. The van der Waals surface area contributed by atoms with Crippen molar-refractivity contribution in [2.45, 2.75) is 24.5 Å². The van der Waals surface area contributed by atoms with Gasteiger partial charge in [0.1, 0.15) is 30.2 Å². The molecule has 0 saturated carbocycles. The summed E-state index contributed by atoms with van der Waals surface area (Å²) in [4.78, 5) is 48.5. The molecule has 21 heteroatoms. The van der Waals surface area contributed by atoms with E-state index in [-0.39, 0.29) is 17.0 Å². The Balaban J connectivity index is 1.69. The minimum absolute atomic E-state index is 0.0485. The topological polar surface area (TPSA) is 282 Å². The second-order valence-electron chi connectivity index (χ2n) is 6.14. The van der Waals surface area contributed by atoms with Gasteiger partial charge in [-0.15, -0.1) is 4.86 Å². The van der Waals surface area contributed by atoms with Gasteiger partial charge in [0.25, 0.3) is 0 Å². The van der Waals surface area contributed by atoms with E-state index >= 15 is 0 Å². The number of aromatic nitrogens is 4. The van der Waals surface area contributed by atoms with Gasteiger partial charge < -0.3 is 40.3 Å². The van der Waals surface area contributed by atoms with E-state index < -0.39 is 54.5 Å². The highest BCUT2D eigenvalue weighted by molar-refractivity contribution is 7.70. The van der Waals surface area contributed by atoms with E-state index in [4.69, 9.17) is 20.3 Å². The minimum Gasteiger partial charge on any atom is -0.387 e. The van der Waals surface area contributed by atoms with Gasteiger partial charge in [0.15, 0.2) is 17.7 Å². The maximum Gasteiger partial charge on any atom is 0.480 e. The molecular weight excluding hydrogens is 489 g/mol. The normalized spacial score (nSPS) is 28.5. The Morgan fingerprint density at radius 1 is 1.13 bits per heavy atom. The Bertz CT molecular complexity index is 1110. The van der Waals surface area contributed by atoms with Crippen LogP contribution < -0.4 is 10.6 Å². The van der Waals surface area contributed by atoms with E-state index in [9.17, 15) is 33.7 Å². The van der Waals surface area contributed by atoms with Crippen LogP contribution in [0.4, 0.5) is 5.82 Å². The van der Waals surface area contributed by atoms with Crippen molar-refractivity contribution < 1.29 is 57.1 Å². The maximum atomic E-state index is 11.8. The van der Waals surface area contributed by atoms with Crippen LogP contribution in [0.25, 0.3) is 11.2 Å². The van der Waals surface area contributed by atoms with Gasteiger partial charge in [-0.1, -0.05) is 0 Å². The molecule has 1 saturated heterocycles. The molecule has 9 N–H and O–H groups in total. The monoisotopic (exact) mass is 506 g/mol. The highest BCUT2D eigenvalue weighted by atomic mass is 31.3. The van der Waals surface area contributed by atoms with Gasteiger partial charge in [0.05, 0.1) is 12.9 Å². The molecule has 0 aromatic carbocycles. The number of phosphoric acid groups is 1. The first-order valence-corrected chi connectivity index (χ1v) is 12.7. The van der Waals surface area contributed by atoms with Crippen molar-refractivity contribution in [3.05, 3.63) is 12.7 Å². The van der Waals surface area contributed by atoms with E-state index in [1.54, 1.807) is 0 Å². The highest BCUT2D eigenvalue weighted by Crippen LogP contribution is 2.61. The number of imidazole rings is 1. The van der Waals surface area contributed by atoms with Crippen LogP contribution in [0.2, 0.25) is 0 Å². The molecule has 0 amide bonds. The molecule has 3 rings (SSSR count). The average Bonchev–Trinajstić information content (AvgIpc) is 3.13. The van der Waals surface area contributed by atoms with Gasteiger partial charge >= 0.3 is 23.3 Å². The first kappa shape index (κ1) is 24.3. The molecule has 6 atom stereocenters. The lowest BCUT2D eigenvalue weighted by atomic mass is 10.1. The molecule has 0 radical (unpaired) electrons. The van der Waals surface area contributed by atoms with Crippen molar-refractivity contribution in [2.24, 2.45) is 0 Å². The van der Waals surface area contributed by atoms with Gasteiger partial charge in [-0.25, -0.2) is 28.6 Å². The number of fused-ring (bicyclic) bond motifs is 1. The van der Waals surface area contributed by atoms with E-state index in [1.165, 1.54) is 10.9 Å². The first-order valence-electron chi connectivity index (χ1n) is 8.00. The fourth-order valence-electron chi connectivity index (χ4n) is 2.67. The maximum absolute atomic E-state index is 11.8. The quantitative estimate of drug-likeness (QED) is 0.179. The van der Waals surface area contributed by atoms with E-state index in [0.29, 0.717) is 0 Å². The van der Waals surface area contributed by atoms with Crippen molar-refractivity contribution in [3.8, 4) is 0 Å². The third-order valence-electron chi connectivity index (χ3n) is 3.87. The molecule has 174 valence electrons. The smallest absolute Gasteiger partial charge is 0.387 e. The van der Waals surface area contributed by atoms with E-state index in [1.807, 2.05) is 0 Å². The SMILES string of the molecule is Nc1ncnc2c1ncn2[C@@H]1O[C@@H](COP(=O)(O)OP(=O)(O)NP(=O)(O)O)[C@H](O)[C@H]1O. The van der Waals surface area contributed by atoms with Crippen LogP contribution in [0.3, 0.4) is 0 Å². The second kappa shape index (κ2) is 8.53. The van der Waals surface area contributed by atoms with Gasteiger partial charge in [0.2, 0.25) is 0 Å². The highest BCUT2D eigenvalue weighted by Gasteiger charge is 2.46. The summed E-state index contributed by atoms with van der Waals surface area (Å²) in [7, 11) is -16.1. The van der Waals surface area contributed by atoms with Crippen LogP contribution >= 0.6 is 23.3 Å². The van der Waals surface area contributed by atoms with Crippen LogP contribution in [-0.2, 0) is 27.3 Å². The molecule has 31 heavy (non-hydrogen) atoms. The molecular formula is C10H17N6O12P3. The zero-order chi connectivity index (χ0) is 23.2. The fourth-order valence-corrected chi connectivity index (χ4v) is 6.10. The number of aliphatic hydroxyl groups excluding tert-OH is 2. The standard InChI is InChI=1S/C10H17N6O12P3/c11-8-5-9(13-2-12-8)16(3-14-5)10-7(18)6(17)4(27-10)1-26-31(24,25)28-30(22,23)15-29(19,20)21/h2-4,6-7,10,17-18H,1H2,(H,24,25)(H2,11,12,13)(H4,15,19,20,21,22,23)/t4-,6-,7+,10+/m0/s1. The largest absolute Gasteiger partial charge is 0.480 e.